The molecule has 6 nitrogen and oxygen atoms in total. The van der Waals surface area contributed by atoms with E-state index in [4.69, 9.17) is 5.73 Å². The maximum atomic E-state index is 12.7. The van der Waals surface area contributed by atoms with Crippen LogP contribution in [0.5, 0.6) is 0 Å². The van der Waals surface area contributed by atoms with Crippen LogP contribution >= 0.6 is 0 Å². The molecule has 0 spiro atoms. The Bertz CT molecular complexity index is 1140. The van der Waals surface area contributed by atoms with Crippen molar-refractivity contribution in [2.24, 2.45) is 5.73 Å². The Balaban J connectivity index is 1.76. The number of carbonyl (C=O) groups excluding carboxylic acids is 2. The molecule has 0 bridgehead atoms. The van der Waals surface area contributed by atoms with Crippen molar-refractivity contribution >= 4 is 28.3 Å². The molecule has 0 saturated carbocycles. The number of nitrogens with two attached hydrogens (primary N) is 1. The van der Waals surface area contributed by atoms with Crippen molar-refractivity contribution in [3.8, 4) is 11.3 Å². The minimum atomic E-state index is -0.591. The molecule has 2 aromatic carbocycles. The van der Waals surface area contributed by atoms with Gasteiger partial charge < -0.3 is 16.0 Å². The molecule has 3 aromatic rings. The summed E-state index contributed by atoms with van der Waals surface area (Å²) in [7, 11) is 1.87. The van der Waals surface area contributed by atoms with Crippen LogP contribution in [0.15, 0.2) is 60.8 Å². The van der Waals surface area contributed by atoms with Gasteiger partial charge in [0, 0.05) is 42.2 Å². The molecule has 0 aliphatic carbocycles. The molecule has 0 saturated heterocycles. The molecule has 4 rings (SSSR count). The van der Waals surface area contributed by atoms with Gasteiger partial charge in [0.05, 0.1) is 12.2 Å². The van der Waals surface area contributed by atoms with Crippen LogP contribution in [0, 0.1) is 0 Å². The fourth-order valence-corrected chi connectivity index (χ4v) is 3.52. The lowest BCUT2D eigenvalue weighted by Crippen LogP contribution is -2.30. The molecule has 0 radical (unpaired) electrons. The van der Waals surface area contributed by atoms with Crippen LogP contribution < -0.4 is 11.1 Å². The molecule has 1 aliphatic heterocycles. The number of fused-ring (bicyclic) bond motifs is 3. The Morgan fingerprint density at radius 1 is 1.25 bits per heavy atom. The van der Waals surface area contributed by atoms with E-state index in [1.165, 1.54) is 0 Å². The third kappa shape index (κ3) is 2.99. The highest BCUT2D eigenvalue weighted by Crippen LogP contribution is 2.33. The average Bonchev–Trinajstić information content (AvgIpc) is 3.03. The Labute approximate surface area is 162 Å². The molecule has 28 heavy (non-hydrogen) atoms. The van der Waals surface area contributed by atoms with E-state index in [9.17, 15) is 9.59 Å². The fraction of sp³-hybridized carbons (Fsp3) is 0.136. The number of nitrogens with zero attached hydrogens (tertiary/aromatic N) is 2. The number of amides is 2. The summed E-state index contributed by atoms with van der Waals surface area (Å²) in [6.45, 7) is 4.22. The van der Waals surface area contributed by atoms with Crippen molar-refractivity contribution in [2.45, 2.75) is 6.54 Å². The van der Waals surface area contributed by atoms with Crippen LogP contribution in [-0.4, -0.2) is 35.3 Å². The molecule has 6 heteroatoms. The van der Waals surface area contributed by atoms with E-state index in [1.54, 1.807) is 11.1 Å². The minimum Gasteiger partial charge on any atom is -0.388 e. The third-order valence-electron chi connectivity index (χ3n) is 5.07. The maximum Gasteiger partial charge on any atom is 0.254 e. The zero-order valence-electron chi connectivity index (χ0n) is 15.5. The highest BCUT2D eigenvalue weighted by Gasteiger charge is 2.29. The number of pyridine rings is 1. The summed E-state index contributed by atoms with van der Waals surface area (Å²) in [5.74, 6) is -0.702. The predicted molar refractivity (Wildman–Crippen MR) is 110 cm³/mol. The molecule has 0 fully saturated rings. The van der Waals surface area contributed by atoms with Crippen LogP contribution in [0.1, 0.15) is 15.9 Å². The van der Waals surface area contributed by atoms with E-state index in [2.05, 4.69) is 22.9 Å². The fourth-order valence-electron chi connectivity index (χ4n) is 3.52. The van der Waals surface area contributed by atoms with Crippen LogP contribution in [0.25, 0.3) is 22.0 Å². The van der Waals surface area contributed by atoms with Crippen molar-refractivity contribution in [3.63, 3.8) is 0 Å². The summed E-state index contributed by atoms with van der Waals surface area (Å²) >= 11 is 0. The highest BCUT2D eigenvalue weighted by atomic mass is 16.2. The van der Waals surface area contributed by atoms with Crippen molar-refractivity contribution in [2.75, 3.05) is 18.9 Å². The minimum absolute atomic E-state index is 0.111. The van der Waals surface area contributed by atoms with Gasteiger partial charge in [0.15, 0.2) is 0 Å². The molecule has 2 amide bonds. The number of primary amides is 1. The van der Waals surface area contributed by atoms with Gasteiger partial charge in [-0.15, -0.1) is 0 Å². The lowest BCUT2D eigenvalue weighted by molar-refractivity contribution is -0.114. The SMILES string of the molecule is C=C(CN1Cc2c(ccc3ccc(-c4cc(NC)ccn4)cc23)C1=O)C(N)=O. The molecule has 3 N–H and O–H groups in total. The number of benzene rings is 2. The number of carbonyl (C=O) groups is 2. The van der Waals surface area contributed by atoms with E-state index in [0.717, 1.165) is 33.3 Å². The van der Waals surface area contributed by atoms with Gasteiger partial charge in [-0.1, -0.05) is 24.8 Å². The summed E-state index contributed by atoms with van der Waals surface area (Å²) in [5, 5.41) is 5.18. The van der Waals surface area contributed by atoms with E-state index in [-0.39, 0.29) is 18.0 Å². The van der Waals surface area contributed by atoms with E-state index in [1.807, 2.05) is 43.4 Å². The topological polar surface area (TPSA) is 88.3 Å². The second-order valence-corrected chi connectivity index (χ2v) is 6.84. The van der Waals surface area contributed by atoms with E-state index in [0.29, 0.717) is 12.1 Å². The first-order chi connectivity index (χ1) is 13.5. The van der Waals surface area contributed by atoms with E-state index >= 15 is 0 Å². The smallest absolute Gasteiger partial charge is 0.254 e. The lowest BCUT2D eigenvalue weighted by atomic mass is 9.97. The first-order valence-electron chi connectivity index (χ1n) is 8.94. The summed E-state index contributed by atoms with van der Waals surface area (Å²) < 4.78 is 0. The average molecular weight is 372 g/mol. The summed E-state index contributed by atoms with van der Waals surface area (Å²) in [5.41, 5.74) is 9.91. The molecule has 0 atom stereocenters. The Hall–Kier alpha value is -3.67. The zero-order chi connectivity index (χ0) is 19.8. The van der Waals surface area contributed by atoms with Gasteiger partial charge >= 0.3 is 0 Å². The van der Waals surface area contributed by atoms with Crippen molar-refractivity contribution in [1.82, 2.24) is 9.88 Å². The maximum absolute atomic E-state index is 12.7. The van der Waals surface area contributed by atoms with Crippen LogP contribution in [0.3, 0.4) is 0 Å². The molecule has 140 valence electrons. The Kier molecular flexibility index (Phi) is 4.31. The molecule has 1 aliphatic rings. The van der Waals surface area contributed by atoms with E-state index < -0.39 is 5.91 Å². The summed E-state index contributed by atoms with van der Waals surface area (Å²) in [4.78, 5) is 30.1. The monoisotopic (exact) mass is 372 g/mol. The van der Waals surface area contributed by atoms with Crippen LogP contribution in [0.2, 0.25) is 0 Å². The lowest BCUT2D eigenvalue weighted by Gasteiger charge is -2.15. The number of hydrogen-bond donors (Lipinski definition) is 2. The number of nitrogens with one attached hydrogen (secondary N) is 1. The second kappa shape index (κ2) is 6.81. The van der Waals surface area contributed by atoms with Gasteiger partial charge in [0.1, 0.15) is 0 Å². The number of hydrogen-bond acceptors (Lipinski definition) is 4. The molecular formula is C22H20N4O2. The molecule has 1 aromatic heterocycles. The van der Waals surface area contributed by atoms with Gasteiger partial charge in [-0.25, -0.2) is 0 Å². The zero-order valence-corrected chi connectivity index (χ0v) is 15.5. The van der Waals surface area contributed by atoms with Crippen molar-refractivity contribution in [3.05, 3.63) is 71.9 Å². The Morgan fingerprint density at radius 3 is 2.79 bits per heavy atom. The molecule has 2 heterocycles. The van der Waals surface area contributed by atoms with Gasteiger partial charge in [0.2, 0.25) is 5.91 Å². The highest BCUT2D eigenvalue weighted by molar-refractivity contribution is 6.05. The van der Waals surface area contributed by atoms with Crippen molar-refractivity contribution in [1.29, 1.82) is 0 Å². The largest absolute Gasteiger partial charge is 0.388 e. The predicted octanol–water partition coefficient (Wildman–Crippen LogP) is 2.94. The number of rotatable bonds is 5. The summed E-state index contributed by atoms with van der Waals surface area (Å²) in [6.07, 6.45) is 1.77. The Morgan fingerprint density at radius 2 is 2.04 bits per heavy atom. The van der Waals surface area contributed by atoms with Gasteiger partial charge in [-0.05, 0) is 40.6 Å². The third-order valence-corrected chi connectivity index (χ3v) is 5.07. The van der Waals surface area contributed by atoms with Gasteiger partial charge in [-0.3, -0.25) is 14.6 Å². The summed E-state index contributed by atoms with van der Waals surface area (Å²) in [6, 6.07) is 13.8. The van der Waals surface area contributed by atoms with Crippen LogP contribution in [0.4, 0.5) is 5.69 Å². The van der Waals surface area contributed by atoms with Gasteiger partial charge in [0.25, 0.3) is 5.91 Å². The standard InChI is InChI=1S/C22H20N4O2/c1-13(21(23)27)11-26-12-19-17(22(26)28)6-5-14-3-4-15(9-18(14)19)20-10-16(24-2)7-8-25-20/h3-10H,1,11-12H2,2H3,(H2,23,27)(H,24,25). The van der Waals surface area contributed by atoms with Gasteiger partial charge in [-0.2, -0.15) is 0 Å². The molecular weight excluding hydrogens is 352 g/mol. The van der Waals surface area contributed by atoms with Crippen LogP contribution in [-0.2, 0) is 11.3 Å². The second-order valence-electron chi connectivity index (χ2n) is 6.84. The normalized spacial score (nSPS) is 12.9. The first kappa shape index (κ1) is 17.7. The number of aromatic nitrogens is 1. The number of anilines is 1. The quantitative estimate of drug-likeness (QED) is 0.674. The first-order valence-corrected chi connectivity index (χ1v) is 8.94. The molecule has 0 unspecified atom stereocenters. The van der Waals surface area contributed by atoms with Crippen molar-refractivity contribution < 1.29 is 9.59 Å².